The van der Waals surface area contributed by atoms with E-state index in [1.807, 2.05) is 23.1 Å². The third-order valence-electron chi connectivity index (χ3n) is 3.37. The maximum atomic E-state index is 12.1. The summed E-state index contributed by atoms with van der Waals surface area (Å²) in [7, 11) is 0. The van der Waals surface area contributed by atoms with Crippen molar-refractivity contribution in [1.82, 2.24) is 10.2 Å². The first kappa shape index (κ1) is 12.8. The Bertz CT molecular complexity index is 416. The Morgan fingerprint density at radius 1 is 1.44 bits per heavy atom. The maximum Gasteiger partial charge on any atom is 0.240 e. The zero-order valence-corrected chi connectivity index (χ0v) is 10.8. The summed E-state index contributed by atoms with van der Waals surface area (Å²) in [5, 5.41) is 3.36. The van der Waals surface area contributed by atoms with Crippen molar-refractivity contribution in [2.45, 2.75) is 19.5 Å². The van der Waals surface area contributed by atoms with Gasteiger partial charge in [0.1, 0.15) is 0 Å². The Hall–Kier alpha value is -1.61. The molecule has 96 valence electrons. The quantitative estimate of drug-likeness (QED) is 0.801. The lowest BCUT2D eigenvalue weighted by atomic mass is 10.1. The minimum atomic E-state index is -0.0647. The molecule has 1 heterocycles. The van der Waals surface area contributed by atoms with Crippen molar-refractivity contribution in [2.75, 3.05) is 13.1 Å². The first-order valence-electron chi connectivity index (χ1n) is 6.39. The molecule has 1 amide bonds. The summed E-state index contributed by atoms with van der Waals surface area (Å²) in [6.45, 7) is 8.00. The van der Waals surface area contributed by atoms with Crippen molar-refractivity contribution in [3.63, 3.8) is 0 Å². The molecular formula is C15H20N2O. The highest BCUT2D eigenvalue weighted by Gasteiger charge is 2.36. The van der Waals surface area contributed by atoms with Gasteiger partial charge in [-0.1, -0.05) is 43.3 Å². The molecule has 1 fully saturated rings. The molecule has 1 aliphatic rings. The van der Waals surface area contributed by atoms with Gasteiger partial charge >= 0.3 is 0 Å². The first-order valence-corrected chi connectivity index (χ1v) is 6.39. The molecule has 0 radical (unpaired) electrons. The van der Waals surface area contributed by atoms with Crippen molar-refractivity contribution in [3.05, 3.63) is 48.6 Å². The molecule has 2 atom stereocenters. The highest BCUT2D eigenvalue weighted by Crippen LogP contribution is 2.18. The van der Waals surface area contributed by atoms with E-state index in [0.717, 1.165) is 13.1 Å². The van der Waals surface area contributed by atoms with E-state index in [4.69, 9.17) is 0 Å². The molecule has 1 aliphatic heterocycles. The maximum absolute atomic E-state index is 12.1. The van der Waals surface area contributed by atoms with Crippen molar-refractivity contribution in [1.29, 1.82) is 0 Å². The topological polar surface area (TPSA) is 32.3 Å². The number of nitrogens with one attached hydrogen (secondary N) is 1. The van der Waals surface area contributed by atoms with Crippen LogP contribution in [-0.2, 0) is 11.3 Å². The van der Waals surface area contributed by atoms with E-state index < -0.39 is 0 Å². The van der Waals surface area contributed by atoms with Crippen LogP contribution in [0.2, 0.25) is 0 Å². The highest BCUT2D eigenvalue weighted by molar-refractivity contribution is 5.84. The molecule has 3 nitrogen and oxygen atoms in total. The van der Waals surface area contributed by atoms with Crippen LogP contribution >= 0.6 is 0 Å². The van der Waals surface area contributed by atoms with Gasteiger partial charge in [0, 0.05) is 19.6 Å². The van der Waals surface area contributed by atoms with Gasteiger partial charge in [-0.2, -0.15) is 0 Å². The van der Waals surface area contributed by atoms with Crippen molar-refractivity contribution < 1.29 is 4.79 Å². The third kappa shape index (κ3) is 2.79. The minimum Gasteiger partial charge on any atom is -0.337 e. The molecular weight excluding hydrogens is 224 g/mol. The van der Waals surface area contributed by atoms with E-state index in [9.17, 15) is 4.79 Å². The second-order valence-electron chi connectivity index (χ2n) is 4.85. The van der Waals surface area contributed by atoms with Gasteiger partial charge in [-0.3, -0.25) is 4.79 Å². The largest absolute Gasteiger partial charge is 0.337 e. The van der Waals surface area contributed by atoms with Crippen molar-refractivity contribution in [2.24, 2.45) is 5.92 Å². The summed E-state index contributed by atoms with van der Waals surface area (Å²) >= 11 is 0. The van der Waals surface area contributed by atoms with E-state index in [-0.39, 0.29) is 11.9 Å². The molecule has 1 N–H and O–H groups in total. The second-order valence-corrected chi connectivity index (χ2v) is 4.85. The lowest BCUT2D eigenvalue weighted by Gasteiger charge is -2.15. The lowest BCUT2D eigenvalue weighted by molar-refractivity contribution is -0.129. The van der Waals surface area contributed by atoms with Gasteiger partial charge in [-0.05, 0) is 11.5 Å². The summed E-state index contributed by atoms with van der Waals surface area (Å²) in [4.78, 5) is 14.0. The Labute approximate surface area is 108 Å². The first-order chi connectivity index (χ1) is 8.72. The summed E-state index contributed by atoms with van der Waals surface area (Å²) in [6, 6.07) is 10.1. The third-order valence-corrected chi connectivity index (χ3v) is 3.37. The molecule has 0 aromatic heterocycles. The van der Waals surface area contributed by atoms with Gasteiger partial charge < -0.3 is 10.2 Å². The molecule has 0 bridgehead atoms. The van der Waals surface area contributed by atoms with Gasteiger partial charge in [0.2, 0.25) is 5.91 Å². The van der Waals surface area contributed by atoms with Crippen LogP contribution in [0.5, 0.6) is 0 Å². The minimum absolute atomic E-state index is 0.0647. The fraction of sp³-hybridized carbons (Fsp3) is 0.400. The van der Waals surface area contributed by atoms with Gasteiger partial charge in [0.25, 0.3) is 0 Å². The summed E-state index contributed by atoms with van der Waals surface area (Å²) in [5.41, 5.74) is 1.21. The van der Waals surface area contributed by atoms with Crippen molar-refractivity contribution >= 4 is 5.91 Å². The van der Waals surface area contributed by atoms with E-state index in [1.165, 1.54) is 5.56 Å². The van der Waals surface area contributed by atoms with Crippen LogP contribution in [0, 0.1) is 5.92 Å². The number of likely N-dealkylation sites (tertiary alicyclic amines) is 1. The molecule has 18 heavy (non-hydrogen) atoms. The number of benzene rings is 1. The average molecular weight is 244 g/mol. The van der Waals surface area contributed by atoms with E-state index in [0.29, 0.717) is 12.5 Å². The number of rotatable bonds is 5. The number of carbonyl (C=O) groups excluding carboxylic acids is 1. The van der Waals surface area contributed by atoms with Gasteiger partial charge in [-0.15, -0.1) is 6.58 Å². The molecule has 1 aromatic rings. The molecule has 1 saturated heterocycles. The van der Waals surface area contributed by atoms with Crippen LogP contribution < -0.4 is 5.32 Å². The number of hydrogen-bond acceptors (Lipinski definition) is 2. The zero-order chi connectivity index (χ0) is 13.0. The monoisotopic (exact) mass is 244 g/mol. The second kappa shape index (κ2) is 5.83. The fourth-order valence-electron chi connectivity index (χ4n) is 2.42. The van der Waals surface area contributed by atoms with Crippen LogP contribution in [0.3, 0.4) is 0 Å². The molecule has 0 saturated carbocycles. The Morgan fingerprint density at radius 2 is 2.17 bits per heavy atom. The van der Waals surface area contributed by atoms with Crippen molar-refractivity contribution in [3.8, 4) is 0 Å². The number of carbonyl (C=O) groups is 1. The highest BCUT2D eigenvalue weighted by atomic mass is 16.2. The number of amides is 1. The normalized spacial score (nSPS) is 23.4. The predicted molar refractivity (Wildman–Crippen MR) is 73.0 cm³/mol. The summed E-state index contributed by atoms with van der Waals surface area (Å²) < 4.78 is 0. The smallest absolute Gasteiger partial charge is 0.240 e. The molecule has 1 aromatic carbocycles. The van der Waals surface area contributed by atoms with Crippen LogP contribution in [0.25, 0.3) is 0 Å². The van der Waals surface area contributed by atoms with Crippen LogP contribution in [0.4, 0.5) is 0 Å². The molecule has 2 rings (SSSR count). The zero-order valence-electron chi connectivity index (χ0n) is 10.8. The molecule has 0 spiro atoms. The molecule has 0 aliphatic carbocycles. The van der Waals surface area contributed by atoms with Gasteiger partial charge in [-0.25, -0.2) is 0 Å². The molecule has 3 heteroatoms. The average Bonchev–Trinajstić information content (AvgIpc) is 2.64. The standard InChI is InChI=1S/C15H20N2O/c1-3-9-17-11-12(2)14(15(17)18)16-10-13-7-5-4-6-8-13/h3-8,12,14,16H,1,9-11H2,2H3/t12-,14+/m0/s1. The molecule has 0 unspecified atom stereocenters. The van der Waals surface area contributed by atoms with E-state index in [1.54, 1.807) is 6.08 Å². The van der Waals surface area contributed by atoms with Crippen LogP contribution in [-0.4, -0.2) is 29.9 Å². The summed E-state index contributed by atoms with van der Waals surface area (Å²) in [6.07, 6.45) is 1.78. The number of nitrogens with zero attached hydrogens (tertiary/aromatic N) is 1. The Kier molecular flexibility index (Phi) is 4.15. The fourth-order valence-corrected chi connectivity index (χ4v) is 2.42. The van der Waals surface area contributed by atoms with Crippen LogP contribution in [0.15, 0.2) is 43.0 Å². The SMILES string of the molecule is C=CCN1C[C@H](C)[C@@H](NCc2ccccc2)C1=O. The van der Waals surface area contributed by atoms with Gasteiger partial charge in [0.05, 0.1) is 6.04 Å². The Morgan fingerprint density at radius 3 is 2.83 bits per heavy atom. The van der Waals surface area contributed by atoms with Gasteiger partial charge in [0.15, 0.2) is 0 Å². The summed E-state index contributed by atoms with van der Waals surface area (Å²) in [5.74, 6) is 0.541. The Balaban J connectivity index is 1.93. The predicted octanol–water partition coefficient (Wildman–Crippen LogP) is 1.81. The lowest BCUT2D eigenvalue weighted by Crippen LogP contribution is -2.39. The van der Waals surface area contributed by atoms with E-state index >= 15 is 0 Å². The van der Waals surface area contributed by atoms with Crippen LogP contribution in [0.1, 0.15) is 12.5 Å². The number of hydrogen-bond donors (Lipinski definition) is 1. The van der Waals surface area contributed by atoms with E-state index in [2.05, 4.69) is 31.0 Å².